The number of piperidine rings is 2. The average Bonchev–Trinajstić information content (AvgIpc) is 3.68. The van der Waals surface area contributed by atoms with Crippen LogP contribution < -0.4 is 21.3 Å². The number of imidazole rings is 2. The summed E-state index contributed by atoms with van der Waals surface area (Å²) in [6.45, 7) is 2.58. The molecular weight excluding hydrogens is 652 g/mol. The SMILES string of the molecule is N[C@@H]1CN(c2nc3ccccc3n2Cc2ncc(F)cn2)CC[C@H]1F.N[C@@H]1CN(c2nc3ccccc3n2Cc2ncc(F)cn2)CC[C@H]1F. The van der Waals surface area contributed by atoms with Crippen LogP contribution in [-0.4, -0.2) is 89.6 Å². The van der Waals surface area contributed by atoms with Gasteiger partial charge in [-0.2, -0.15) is 0 Å². The molecule has 50 heavy (non-hydrogen) atoms. The van der Waals surface area contributed by atoms with E-state index in [2.05, 4.69) is 19.9 Å². The third kappa shape index (κ3) is 7.07. The van der Waals surface area contributed by atoms with Gasteiger partial charge in [0.25, 0.3) is 0 Å². The summed E-state index contributed by atoms with van der Waals surface area (Å²) in [5, 5.41) is 0. The number of hydrogen-bond acceptors (Lipinski definition) is 10. The fourth-order valence-corrected chi connectivity index (χ4v) is 6.31. The van der Waals surface area contributed by atoms with Crippen molar-refractivity contribution in [3.63, 3.8) is 0 Å². The molecule has 0 aliphatic carbocycles. The highest BCUT2D eigenvalue weighted by molar-refractivity contribution is 5.80. The van der Waals surface area contributed by atoms with Crippen LogP contribution in [0, 0.1) is 11.6 Å². The second-order valence-electron chi connectivity index (χ2n) is 12.4. The highest BCUT2D eigenvalue weighted by Crippen LogP contribution is 2.28. The van der Waals surface area contributed by atoms with Gasteiger partial charge in [0.05, 0.1) is 72.0 Å². The van der Waals surface area contributed by atoms with Gasteiger partial charge in [0.15, 0.2) is 11.6 Å². The van der Waals surface area contributed by atoms with Crippen LogP contribution in [0.2, 0.25) is 0 Å². The summed E-state index contributed by atoms with van der Waals surface area (Å²) in [7, 11) is 0. The summed E-state index contributed by atoms with van der Waals surface area (Å²) in [6.07, 6.45) is 3.34. The molecule has 0 bridgehead atoms. The number of rotatable bonds is 6. The fraction of sp³-hybridized carbons (Fsp3) is 0.353. The molecule has 4 N–H and O–H groups in total. The molecule has 0 radical (unpaired) electrons. The minimum atomic E-state index is -0.991. The largest absolute Gasteiger partial charge is 0.340 e. The Morgan fingerprint density at radius 3 is 1.36 bits per heavy atom. The highest BCUT2D eigenvalue weighted by Gasteiger charge is 2.30. The number of nitrogens with two attached hydrogens (primary N) is 2. The van der Waals surface area contributed by atoms with Crippen LogP contribution in [0.3, 0.4) is 0 Å². The van der Waals surface area contributed by atoms with Crippen LogP contribution in [-0.2, 0) is 13.1 Å². The lowest BCUT2D eigenvalue weighted by molar-refractivity contribution is 0.243. The van der Waals surface area contributed by atoms with E-state index in [1.165, 1.54) is 0 Å². The molecule has 260 valence electrons. The molecule has 0 amide bonds. The van der Waals surface area contributed by atoms with Gasteiger partial charge < -0.3 is 30.4 Å². The second kappa shape index (κ2) is 14.3. The maximum atomic E-state index is 13.7. The number of para-hydroxylation sites is 4. The molecule has 2 fully saturated rings. The first-order chi connectivity index (χ1) is 24.2. The molecule has 2 aliphatic heterocycles. The van der Waals surface area contributed by atoms with E-state index >= 15 is 0 Å². The number of fused-ring (bicyclic) bond motifs is 2. The monoisotopic (exact) mass is 688 g/mol. The summed E-state index contributed by atoms with van der Waals surface area (Å²) in [4.78, 5) is 29.5. The van der Waals surface area contributed by atoms with Crippen LogP contribution in [0.1, 0.15) is 24.5 Å². The van der Waals surface area contributed by atoms with Crippen LogP contribution >= 0.6 is 0 Å². The molecule has 12 nitrogen and oxygen atoms in total. The molecule has 4 aromatic heterocycles. The van der Waals surface area contributed by atoms with Gasteiger partial charge in [-0.25, -0.2) is 47.5 Å². The lowest BCUT2D eigenvalue weighted by atomic mass is 10.1. The van der Waals surface area contributed by atoms with E-state index in [4.69, 9.17) is 21.4 Å². The number of anilines is 2. The molecular formula is C34H36F4N12. The highest BCUT2D eigenvalue weighted by atomic mass is 19.1. The van der Waals surface area contributed by atoms with E-state index in [-0.39, 0.29) is 0 Å². The Kier molecular flexibility index (Phi) is 9.54. The lowest BCUT2D eigenvalue weighted by Gasteiger charge is -2.34. The first kappa shape index (κ1) is 33.3. The van der Waals surface area contributed by atoms with Crippen molar-refractivity contribution in [3.05, 3.63) is 96.6 Å². The van der Waals surface area contributed by atoms with E-state index in [0.717, 1.165) is 46.9 Å². The van der Waals surface area contributed by atoms with Gasteiger partial charge in [0, 0.05) is 26.2 Å². The summed E-state index contributed by atoms with van der Waals surface area (Å²) in [6, 6.07) is 14.4. The molecule has 16 heteroatoms. The first-order valence-electron chi connectivity index (χ1n) is 16.4. The van der Waals surface area contributed by atoms with Gasteiger partial charge in [0.1, 0.15) is 24.0 Å². The third-order valence-corrected chi connectivity index (χ3v) is 8.92. The maximum absolute atomic E-state index is 13.7. The molecule has 2 aliphatic rings. The third-order valence-electron chi connectivity index (χ3n) is 8.92. The molecule has 2 aromatic carbocycles. The van der Waals surface area contributed by atoms with E-state index in [0.29, 0.717) is 75.7 Å². The molecule has 2 saturated heterocycles. The van der Waals surface area contributed by atoms with E-state index in [9.17, 15) is 17.6 Å². The zero-order valence-corrected chi connectivity index (χ0v) is 27.0. The van der Waals surface area contributed by atoms with Crippen molar-refractivity contribution in [1.82, 2.24) is 39.0 Å². The number of aromatic nitrogens is 8. The summed E-state index contributed by atoms with van der Waals surface area (Å²) in [5.74, 6) is 1.42. The number of benzene rings is 2. The average molecular weight is 689 g/mol. The van der Waals surface area contributed by atoms with Crippen molar-refractivity contribution < 1.29 is 17.6 Å². The molecule has 6 aromatic rings. The number of hydrogen-bond donors (Lipinski definition) is 2. The molecule has 0 spiro atoms. The zero-order valence-electron chi connectivity index (χ0n) is 27.0. The van der Waals surface area contributed by atoms with Crippen LogP contribution in [0.25, 0.3) is 22.1 Å². The summed E-state index contributed by atoms with van der Waals surface area (Å²) >= 11 is 0. The van der Waals surface area contributed by atoms with Gasteiger partial charge in [-0.3, -0.25) is 0 Å². The quantitative estimate of drug-likeness (QED) is 0.248. The van der Waals surface area contributed by atoms with Crippen molar-refractivity contribution in [1.29, 1.82) is 0 Å². The van der Waals surface area contributed by atoms with Gasteiger partial charge in [-0.15, -0.1) is 0 Å². The van der Waals surface area contributed by atoms with E-state index < -0.39 is 36.1 Å². The molecule has 4 atom stereocenters. The van der Waals surface area contributed by atoms with Crippen molar-refractivity contribution in [2.75, 3.05) is 36.0 Å². The van der Waals surface area contributed by atoms with Crippen LogP contribution in [0.4, 0.5) is 29.5 Å². The molecule has 0 unspecified atom stereocenters. The van der Waals surface area contributed by atoms with Gasteiger partial charge in [-0.05, 0) is 37.1 Å². The second-order valence-corrected chi connectivity index (χ2v) is 12.4. The Morgan fingerprint density at radius 1 is 0.600 bits per heavy atom. The molecule has 8 rings (SSSR count). The van der Waals surface area contributed by atoms with Crippen LogP contribution in [0.15, 0.2) is 73.3 Å². The van der Waals surface area contributed by atoms with Crippen molar-refractivity contribution in [3.8, 4) is 0 Å². The Labute approximate surface area is 284 Å². The predicted molar refractivity (Wildman–Crippen MR) is 181 cm³/mol. The molecule has 0 saturated carbocycles. The minimum absolute atomic E-state index is 0.348. The van der Waals surface area contributed by atoms with Crippen LogP contribution in [0.5, 0.6) is 0 Å². The zero-order chi connectivity index (χ0) is 34.8. The van der Waals surface area contributed by atoms with Gasteiger partial charge in [-0.1, -0.05) is 24.3 Å². The summed E-state index contributed by atoms with van der Waals surface area (Å²) < 4.78 is 57.5. The first-order valence-corrected chi connectivity index (χ1v) is 16.4. The lowest BCUT2D eigenvalue weighted by Crippen LogP contribution is -2.50. The van der Waals surface area contributed by atoms with Crippen molar-refractivity contribution >= 4 is 34.0 Å². The van der Waals surface area contributed by atoms with E-state index in [1.54, 1.807) is 0 Å². The Bertz CT molecular complexity index is 1900. The summed E-state index contributed by atoms with van der Waals surface area (Å²) in [5.41, 5.74) is 15.3. The maximum Gasteiger partial charge on any atom is 0.207 e. The molecule has 6 heterocycles. The Balaban J connectivity index is 0.000000157. The minimum Gasteiger partial charge on any atom is -0.340 e. The van der Waals surface area contributed by atoms with E-state index in [1.807, 2.05) is 67.5 Å². The van der Waals surface area contributed by atoms with Gasteiger partial charge >= 0.3 is 0 Å². The fourth-order valence-electron chi connectivity index (χ4n) is 6.31. The Hall–Kier alpha value is -5.22. The van der Waals surface area contributed by atoms with Gasteiger partial charge in [0.2, 0.25) is 11.9 Å². The number of nitrogens with zero attached hydrogens (tertiary/aromatic N) is 10. The topological polar surface area (TPSA) is 146 Å². The normalized spacial score (nSPS) is 21.0. The predicted octanol–water partition coefficient (Wildman–Crippen LogP) is 3.78. The van der Waals surface area contributed by atoms with Crippen molar-refractivity contribution in [2.45, 2.75) is 50.4 Å². The standard InChI is InChI=1S/2C17H18F2N6/c2*18-11-7-21-16(22-8-11)10-25-15-4-2-1-3-14(15)23-17(25)24-6-5-12(19)13(20)9-24/h2*1-4,7-8,12-13H,5-6,9-10,20H2/t2*12-,13-/m11/s1. The smallest absolute Gasteiger partial charge is 0.207 e. The van der Waals surface area contributed by atoms with Crippen molar-refractivity contribution in [2.24, 2.45) is 11.5 Å². The number of halogens is 4. The number of alkyl halides is 2. The Morgan fingerprint density at radius 2 is 0.980 bits per heavy atom.